The maximum Gasteiger partial charge on any atom is 0.374 e. The smallest absolute Gasteiger partial charge is 0.374 e. The molecular formula is C8H9NO5. The third-order valence-corrected chi connectivity index (χ3v) is 1.56. The van der Waals surface area contributed by atoms with E-state index in [1.807, 2.05) is 0 Å². The minimum absolute atomic E-state index is 0.0954. The Balaban J connectivity index is 2.96. The van der Waals surface area contributed by atoms with Gasteiger partial charge in [0, 0.05) is 6.92 Å². The van der Waals surface area contributed by atoms with Gasteiger partial charge in [-0.3, -0.25) is 10.1 Å². The lowest BCUT2D eigenvalue weighted by atomic mass is 10.4. The Morgan fingerprint density at radius 1 is 1.71 bits per heavy atom. The standard InChI is InChI=1S/C8H9NO5/c1-3-13-8(10)7-4-6(9(11)12)5(2)14-7/h4H,3H2,1-2H3. The van der Waals surface area contributed by atoms with Gasteiger partial charge in [-0.05, 0) is 6.92 Å². The zero-order valence-corrected chi connectivity index (χ0v) is 7.77. The number of hydrogen-bond acceptors (Lipinski definition) is 5. The molecule has 0 spiro atoms. The van der Waals surface area contributed by atoms with Gasteiger partial charge in [0.05, 0.1) is 17.6 Å². The van der Waals surface area contributed by atoms with Crippen LogP contribution in [0.2, 0.25) is 0 Å². The van der Waals surface area contributed by atoms with E-state index in [-0.39, 0.29) is 23.8 Å². The molecule has 1 aromatic heterocycles. The van der Waals surface area contributed by atoms with Crippen molar-refractivity contribution in [3.63, 3.8) is 0 Å². The van der Waals surface area contributed by atoms with Crippen LogP contribution in [0.4, 0.5) is 5.69 Å². The Bertz CT molecular complexity index is 368. The first kappa shape index (κ1) is 10.2. The fourth-order valence-corrected chi connectivity index (χ4v) is 0.957. The van der Waals surface area contributed by atoms with E-state index in [0.29, 0.717) is 0 Å². The van der Waals surface area contributed by atoms with Crippen LogP contribution in [0.3, 0.4) is 0 Å². The second-order valence-electron chi connectivity index (χ2n) is 2.53. The Morgan fingerprint density at radius 3 is 2.79 bits per heavy atom. The van der Waals surface area contributed by atoms with Crippen LogP contribution >= 0.6 is 0 Å². The van der Waals surface area contributed by atoms with Crippen LogP contribution in [0.1, 0.15) is 23.2 Å². The van der Waals surface area contributed by atoms with Gasteiger partial charge in [0.25, 0.3) is 0 Å². The summed E-state index contributed by atoms with van der Waals surface area (Å²) in [5.41, 5.74) is -0.215. The number of furan rings is 1. The fourth-order valence-electron chi connectivity index (χ4n) is 0.957. The van der Waals surface area contributed by atoms with Gasteiger partial charge in [-0.1, -0.05) is 0 Å². The van der Waals surface area contributed by atoms with Crippen LogP contribution in [0.5, 0.6) is 0 Å². The average Bonchev–Trinajstić information content (AvgIpc) is 2.48. The van der Waals surface area contributed by atoms with Gasteiger partial charge in [-0.2, -0.15) is 0 Å². The van der Waals surface area contributed by atoms with Crippen LogP contribution in [0.25, 0.3) is 0 Å². The molecule has 1 heterocycles. The number of carbonyl (C=O) groups is 1. The van der Waals surface area contributed by atoms with Crippen LogP contribution in [-0.2, 0) is 4.74 Å². The van der Waals surface area contributed by atoms with Crippen LogP contribution in [0, 0.1) is 17.0 Å². The summed E-state index contributed by atoms with van der Waals surface area (Å²) in [7, 11) is 0. The summed E-state index contributed by atoms with van der Waals surface area (Å²) in [6.07, 6.45) is 0. The van der Waals surface area contributed by atoms with E-state index in [2.05, 4.69) is 4.74 Å². The molecule has 0 bridgehead atoms. The third kappa shape index (κ3) is 1.90. The predicted molar refractivity (Wildman–Crippen MR) is 46.1 cm³/mol. The summed E-state index contributed by atoms with van der Waals surface area (Å²) in [6.45, 7) is 3.26. The second kappa shape index (κ2) is 3.91. The number of hydrogen-bond donors (Lipinski definition) is 0. The molecule has 0 unspecified atom stereocenters. The topological polar surface area (TPSA) is 82.6 Å². The Labute approximate surface area is 79.6 Å². The lowest BCUT2D eigenvalue weighted by Gasteiger charge is -1.95. The summed E-state index contributed by atoms with van der Waals surface area (Å²) < 4.78 is 9.49. The van der Waals surface area contributed by atoms with Crippen molar-refractivity contribution in [1.82, 2.24) is 0 Å². The average molecular weight is 199 g/mol. The van der Waals surface area contributed by atoms with Gasteiger partial charge in [0.2, 0.25) is 5.76 Å². The number of esters is 1. The summed E-state index contributed by atoms with van der Waals surface area (Å²) in [6, 6.07) is 1.06. The minimum Gasteiger partial charge on any atom is -0.460 e. The largest absolute Gasteiger partial charge is 0.460 e. The quantitative estimate of drug-likeness (QED) is 0.420. The van der Waals surface area contributed by atoms with E-state index >= 15 is 0 Å². The number of carbonyl (C=O) groups excluding carboxylic acids is 1. The van der Waals surface area contributed by atoms with Crippen molar-refractivity contribution in [3.05, 3.63) is 27.7 Å². The lowest BCUT2D eigenvalue weighted by molar-refractivity contribution is -0.385. The molecule has 0 radical (unpaired) electrons. The van der Waals surface area contributed by atoms with E-state index < -0.39 is 10.9 Å². The van der Waals surface area contributed by atoms with Crippen LogP contribution in [-0.4, -0.2) is 17.5 Å². The van der Waals surface area contributed by atoms with Gasteiger partial charge in [0.15, 0.2) is 5.76 Å². The number of aryl methyl sites for hydroxylation is 1. The fraction of sp³-hybridized carbons (Fsp3) is 0.375. The number of rotatable bonds is 3. The molecule has 0 amide bonds. The monoisotopic (exact) mass is 199 g/mol. The Hall–Kier alpha value is -1.85. The molecule has 1 aromatic rings. The van der Waals surface area contributed by atoms with Crippen molar-refractivity contribution in [2.45, 2.75) is 13.8 Å². The third-order valence-electron chi connectivity index (χ3n) is 1.56. The van der Waals surface area contributed by atoms with Gasteiger partial charge < -0.3 is 9.15 Å². The normalized spacial score (nSPS) is 9.86. The first-order chi connectivity index (χ1) is 6.56. The van der Waals surface area contributed by atoms with Crippen molar-refractivity contribution >= 4 is 11.7 Å². The molecule has 0 fully saturated rings. The summed E-state index contributed by atoms with van der Waals surface area (Å²) >= 11 is 0. The van der Waals surface area contributed by atoms with E-state index in [1.54, 1.807) is 6.92 Å². The number of ether oxygens (including phenoxy) is 1. The molecule has 0 aliphatic carbocycles. The van der Waals surface area contributed by atoms with Gasteiger partial charge in [-0.15, -0.1) is 0 Å². The van der Waals surface area contributed by atoms with Crippen molar-refractivity contribution < 1.29 is 18.9 Å². The molecule has 6 nitrogen and oxygen atoms in total. The van der Waals surface area contributed by atoms with Crippen molar-refractivity contribution in [1.29, 1.82) is 0 Å². The van der Waals surface area contributed by atoms with E-state index in [0.717, 1.165) is 6.07 Å². The molecule has 76 valence electrons. The molecule has 14 heavy (non-hydrogen) atoms. The zero-order chi connectivity index (χ0) is 10.7. The van der Waals surface area contributed by atoms with Crippen LogP contribution in [0.15, 0.2) is 10.5 Å². The molecule has 0 saturated carbocycles. The van der Waals surface area contributed by atoms with E-state index in [4.69, 9.17) is 4.42 Å². The highest BCUT2D eigenvalue weighted by Gasteiger charge is 2.22. The minimum atomic E-state index is -0.691. The van der Waals surface area contributed by atoms with Gasteiger partial charge in [0.1, 0.15) is 0 Å². The van der Waals surface area contributed by atoms with Crippen molar-refractivity contribution in [3.8, 4) is 0 Å². The zero-order valence-electron chi connectivity index (χ0n) is 7.77. The van der Waals surface area contributed by atoms with E-state index in [9.17, 15) is 14.9 Å². The number of nitrogens with zero attached hydrogens (tertiary/aromatic N) is 1. The van der Waals surface area contributed by atoms with Crippen molar-refractivity contribution in [2.24, 2.45) is 0 Å². The predicted octanol–water partition coefficient (Wildman–Crippen LogP) is 1.67. The highest BCUT2D eigenvalue weighted by molar-refractivity contribution is 5.87. The summed E-state index contributed by atoms with van der Waals surface area (Å²) in [4.78, 5) is 20.9. The molecule has 0 aliphatic rings. The summed E-state index contributed by atoms with van der Waals surface area (Å²) in [5.74, 6) is -0.738. The highest BCUT2D eigenvalue weighted by atomic mass is 16.6. The van der Waals surface area contributed by atoms with E-state index in [1.165, 1.54) is 6.92 Å². The Morgan fingerprint density at radius 2 is 2.36 bits per heavy atom. The molecule has 0 saturated heterocycles. The maximum absolute atomic E-state index is 11.1. The number of nitro groups is 1. The Kier molecular flexibility index (Phi) is 2.85. The maximum atomic E-state index is 11.1. The second-order valence-corrected chi connectivity index (χ2v) is 2.53. The first-order valence-corrected chi connectivity index (χ1v) is 3.98. The molecule has 0 N–H and O–H groups in total. The molecule has 1 rings (SSSR count). The first-order valence-electron chi connectivity index (χ1n) is 3.98. The highest BCUT2D eigenvalue weighted by Crippen LogP contribution is 2.22. The molecule has 0 aromatic carbocycles. The van der Waals surface area contributed by atoms with Crippen LogP contribution < -0.4 is 0 Å². The molecule has 0 atom stereocenters. The van der Waals surface area contributed by atoms with Gasteiger partial charge in [-0.25, -0.2) is 4.79 Å². The van der Waals surface area contributed by atoms with Crippen molar-refractivity contribution in [2.75, 3.05) is 6.61 Å². The molecule has 6 heteroatoms. The SMILES string of the molecule is CCOC(=O)c1cc([N+](=O)[O-])c(C)o1. The summed E-state index contributed by atoms with van der Waals surface area (Å²) in [5, 5.41) is 10.4. The lowest BCUT2D eigenvalue weighted by Crippen LogP contribution is -2.02. The van der Waals surface area contributed by atoms with Gasteiger partial charge >= 0.3 is 11.7 Å². The molecule has 0 aliphatic heterocycles. The molecular weight excluding hydrogens is 190 g/mol.